The number of aryl methyl sites for hydroxylation is 2. The number of imide groups is 1. The quantitative estimate of drug-likeness (QED) is 0.360. The van der Waals surface area contributed by atoms with Crippen LogP contribution in [0.4, 0.5) is 4.79 Å². The number of hydrogen-bond donors (Lipinski definition) is 2. The molecule has 1 atom stereocenters. The van der Waals surface area contributed by atoms with Crippen molar-refractivity contribution in [1.29, 1.82) is 0 Å². The zero-order valence-electron chi connectivity index (χ0n) is 19.9. The summed E-state index contributed by atoms with van der Waals surface area (Å²) in [6, 6.07) is 6.27. The number of hydrogen-bond acceptors (Lipinski definition) is 5. The van der Waals surface area contributed by atoms with E-state index in [0.717, 1.165) is 16.0 Å². The number of urea groups is 1. The lowest BCUT2D eigenvalue weighted by molar-refractivity contribution is -0.150. The molecule has 1 heterocycles. The molecular formula is C23H34N4O5. The Morgan fingerprint density at radius 3 is 2.22 bits per heavy atom. The molecule has 2 rings (SSSR count). The molecule has 1 fully saturated rings. The summed E-state index contributed by atoms with van der Waals surface area (Å²) in [6.07, 6.45) is 1.20. The van der Waals surface area contributed by atoms with Gasteiger partial charge in [-0.1, -0.05) is 43.7 Å². The standard InChI is InChI=1S/C23H34N4O5/c1-15-8-10-16(11-9-15)12-13-22(2,3)19(29)25(6)17(18(28)24-32)14-27-20(30)23(4,5)26(7)21(27)31/h8-11,17,32H,12-14H2,1-7H3,(H,24,28). The van der Waals surface area contributed by atoms with Crippen molar-refractivity contribution in [3.05, 3.63) is 35.4 Å². The Balaban J connectivity index is 2.18. The highest BCUT2D eigenvalue weighted by molar-refractivity contribution is 6.06. The molecule has 0 aliphatic carbocycles. The molecule has 1 unspecified atom stereocenters. The van der Waals surface area contributed by atoms with Crippen molar-refractivity contribution in [1.82, 2.24) is 20.2 Å². The second kappa shape index (κ2) is 9.28. The number of carbonyl (C=O) groups is 4. The van der Waals surface area contributed by atoms with Gasteiger partial charge in [-0.3, -0.25) is 24.5 Å². The summed E-state index contributed by atoms with van der Waals surface area (Å²) in [5, 5.41) is 9.24. The second-order valence-corrected chi connectivity index (χ2v) is 9.59. The zero-order valence-corrected chi connectivity index (χ0v) is 19.9. The molecule has 1 saturated heterocycles. The predicted octanol–water partition coefficient (Wildman–Crippen LogP) is 1.96. The molecule has 0 spiro atoms. The maximum absolute atomic E-state index is 13.3. The van der Waals surface area contributed by atoms with E-state index in [1.54, 1.807) is 33.2 Å². The van der Waals surface area contributed by atoms with Gasteiger partial charge in [0.2, 0.25) is 5.91 Å². The number of nitrogens with one attached hydrogen (secondary N) is 1. The van der Waals surface area contributed by atoms with E-state index in [1.807, 2.05) is 31.2 Å². The largest absolute Gasteiger partial charge is 0.331 e. The lowest BCUT2D eigenvalue weighted by Crippen LogP contribution is -2.56. The van der Waals surface area contributed by atoms with Gasteiger partial charge in [-0.25, -0.2) is 10.3 Å². The molecule has 32 heavy (non-hydrogen) atoms. The molecule has 9 nitrogen and oxygen atoms in total. The fraction of sp³-hybridized carbons (Fsp3) is 0.565. The number of likely N-dealkylation sites (N-methyl/N-ethyl adjacent to an activating group) is 2. The van der Waals surface area contributed by atoms with E-state index in [0.29, 0.717) is 12.8 Å². The van der Waals surface area contributed by atoms with Gasteiger partial charge in [0.1, 0.15) is 11.6 Å². The van der Waals surface area contributed by atoms with Gasteiger partial charge < -0.3 is 9.80 Å². The average Bonchev–Trinajstić information content (AvgIpc) is 2.89. The molecule has 176 valence electrons. The number of rotatable bonds is 8. The minimum atomic E-state index is -1.23. The monoisotopic (exact) mass is 446 g/mol. The normalized spacial score (nSPS) is 16.9. The smallest absolute Gasteiger partial charge is 0.327 e. The van der Waals surface area contributed by atoms with Crippen LogP contribution in [-0.4, -0.2) is 75.9 Å². The summed E-state index contributed by atoms with van der Waals surface area (Å²) in [4.78, 5) is 54.5. The maximum atomic E-state index is 13.3. The van der Waals surface area contributed by atoms with Gasteiger partial charge in [-0.05, 0) is 39.2 Å². The van der Waals surface area contributed by atoms with Crippen molar-refractivity contribution in [2.24, 2.45) is 5.41 Å². The van der Waals surface area contributed by atoms with E-state index in [1.165, 1.54) is 23.9 Å². The highest BCUT2D eigenvalue weighted by atomic mass is 16.5. The molecular weight excluding hydrogens is 412 g/mol. The van der Waals surface area contributed by atoms with Crippen LogP contribution in [0.25, 0.3) is 0 Å². The molecule has 1 aliphatic heterocycles. The second-order valence-electron chi connectivity index (χ2n) is 9.59. The molecule has 1 aromatic rings. The summed E-state index contributed by atoms with van der Waals surface area (Å²) in [5.41, 5.74) is 1.93. The van der Waals surface area contributed by atoms with Gasteiger partial charge in [0.25, 0.3) is 11.8 Å². The van der Waals surface area contributed by atoms with Crippen molar-refractivity contribution >= 4 is 23.8 Å². The third kappa shape index (κ3) is 4.93. The number of nitrogens with zero attached hydrogens (tertiary/aromatic N) is 3. The fourth-order valence-electron chi connectivity index (χ4n) is 3.71. The average molecular weight is 447 g/mol. The molecule has 0 saturated carbocycles. The van der Waals surface area contributed by atoms with Crippen molar-refractivity contribution in [3.63, 3.8) is 0 Å². The first-order valence-corrected chi connectivity index (χ1v) is 10.6. The van der Waals surface area contributed by atoms with E-state index >= 15 is 0 Å². The molecule has 5 amide bonds. The van der Waals surface area contributed by atoms with Crippen LogP contribution in [0.3, 0.4) is 0 Å². The molecule has 9 heteroatoms. The van der Waals surface area contributed by atoms with Crippen LogP contribution in [0.15, 0.2) is 24.3 Å². The van der Waals surface area contributed by atoms with E-state index in [9.17, 15) is 24.4 Å². The number of benzene rings is 1. The van der Waals surface area contributed by atoms with Gasteiger partial charge in [-0.2, -0.15) is 0 Å². The molecule has 2 N–H and O–H groups in total. The summed E-state index contributed by atoms with van der Waals surface area (Å²) in [5.74, 6) is -1.67. The van der Waals surface area contributed by atoms with Crippen LogP contribution >= 0.6 is 0 Å². The lowest BCUT2D eigenvalue weighted by atomic mass is 9.84. The van der Waals surface area contributed by atoms with Crippen LogP contribution in [0.1, 0.15) is 45.2 Å². The molecule has 1 aromatic carbocycles. The fourth-order valence-corrected chi connectivity index (χ4v) is 3.71. The van der Waals surface area contributed by atoms with E-state index < -0.39 is 34.8 Å². The Morgan fingerprint density at radius 2 is 1.75 bits per heavy atom. The topological polar surface area (TPSA) is 110 Å². The van der Waals surface area contributed by atoms with Gasteiger partial charge >= 0.3 is 6.03 Å². The summed E-state index contributed by atoms with van der Waals surface area (Å²) >= 11 is 0. The Morgan fingerprint density at radius 1 is 1.19 bits per heavy atom. The Labute approximate surface area is 189 Å². The third-order valence-electron chi connectivity index (χ3n) is 6.42. The van der Waals surface area contributed by atoms with Gasteiger partial charge in [0, 0.05) is 19.5 Å². The first-order valence-electron chi connectivity index (χ1n) is 10.6. The maximum Gasteiger partial charge on any atom is 0.327 e. The summed E-state index contributed by atoms with van der Waals surface area (Å²) in [7, 11) is 2.94. The zero-order chi connectivity index (χ0) is 24.4. The van der Waals surface area contributed by atoms with Crippen molar-refractivity contribution in [2.75, 3.05) is 20.6 Å². The molecule has 1 aliphatic rings. The first kappa shape index (κ1) is 25.3. The highest BCUT2D eigenvalue weighted by Crippen LogP contribution is 2.29. The van der Waals surface area contributed by atoms with Crippen LogP contribution in [0, 0.1) is 12.3 Å². The van der Waals surface area contributed by atoms with E-state index in [2.05, 4.69) is 0 Å². The summed E-state index contributed by atoms with van der Waals surface area (Å²) in [6.45, 7) is 8.45. The minimum absolute atomic E-state index is 0.329. The van der Waals surface area contributed by atoms with Crippen molar-refractivity contribution in [2.45, 2.75) is 59.0 Å². The highest BCUT2D eigenvalue weighted by Gasteiger charge is 2.51. The molecule has 0 aromatic heterocycles. The van der Waals surface area contributed by atoms with Crippen molar-refractivity contribution < 1.29 is 24.4 Å². The van der Waals surface area contributed by atoms with E-state index in [4.69, 9.17) is 0 Å². The van der Waals surface area contributed by atoms with Crippen LogP contribution < -0.4 is 5.48 Å². The van der Waals surface area contributed by atoms with Crippen LogP contribution in [-0.2, 0) is 20.8 Å². The van der Waals surface area contributed by atoms with Gasteiger partial charge in [-0.15, -0.1) is 0 Å². The summed E-state index contributed by atoms with van der Waals surface area (Å²) < 4.78 is 0. The Hall–Kier alpha value is -2.94. The number of hydroxylamine groups is 1. The van der Waals surface area contributed by atoms with E-state index in [-0.39, 0.29) is 12.5 Å². The number of amides is 5. The number of carbonyl (C=O) groups excluding carboxylic acids is 4. The molecule has 0 radical (unpaired) electrons. The Kier molecular flexibility index (Phi) is 7.34. The third-order valence-corrected chi connectivity index (χ3v) is 6.42. The van der Waals surface area contributed by atoms with Crippen LogP contribution in [0.5, 0.6) is 0 Å². The molecule has 0 bridgehead atoms. The SMILES string of the molecule is Cc1ccc(CCC(C)(C)C(=O)N(C)C(CN2C(=O)N(C)C(C)(C)C2=O)C(=O)NO)cc1. The van der Waals surface area contributed by atoms with Gasteiger partial charge in [0.05, 0.1) is 6.54 Å². The Bertz CT molecular complexity index is 894. The lowest BCUT2D eigenvalue weighted by Gasteiger charge is -2.35. The first-order chi connectivity index (χ1) is 14.7. The van der Waals surface area contributed by atoms with Gasteiger partial charge in [0.15, 0.2) is 0 Å². The minimum Gasteiger partial charge on any atom is -0.331 e. The van der Waals surface area contributed by atoms with Crippen molar-refractivity contribution in [3.8, 4) is 0 Å². The predicted molar refractivity (Wildman–Crippen MR) is 119 cm³/mol. The van der Waals surface area contributed by atoms with Crippen LogP contribution in [0.2, 0.25) is 0 Å².